The standard InChI is InChI=1S/C53H47NS/c1-6-20-39(21-7-2)38(5)22-17-18-35-54(52-43(37(4)8-3)33-34-50-51(52)46-28-19-30-49(46)55-50)42-31-32-45-44-27-15-16-29-47(44)53(48(45)36-42,40-23-11-9-12-24-40)41-25-13-10-14-26-41/h6-7,9-27,29-37H,1,5,8,28H2,2-4H3/b21-7-,22-17-,35-18-,39-20+. The van der Waals surface area contributed by atoms with Crippen molar-refractivity contribution in [1.82, 2.24) is 0 Å². The van der Waals surface area contributed by atoms with Crippen molar-refractivity contribution < 1.29 is 0 Å². The van der Waals surface area contributed by atoms with E-state index in [-0.39, 0.29) is 0 Å². The van der Waals surface area contributed by atoms with Gasteiger partial charge in [-0.2, -0.15) is 0 Å². The third-order valence-corrected chi connectivity index (χ3v) is 12.5. The number of rotatable bonds is 12. The minimum Gasteiger partial charge on any atom is -0.316 e. The van der Waals surface area contributed by atoms with E-state index in [9.17, 15) is 0 Å². The predicted molar refractivity (Wildman–Crippen MR) is 240 cm³/mol. The van der Waals surface area contributed by atoms with Crippen LogP contribution in [0.3, 0.4) is 0 Å². The molecule has 0 radical (unpaired) electrons. The van der Waals surface area contributed by atoms with Gasteiger partial charge in [0, 0.05) is 26.9 Å². The SMILES string of the molecule is C=C/C=C(\C=C/C)C(=C)/C=C\C=C/N(c1ccc2c(c1)C(c1ccccc1)(c1ccccc1)c1ccccc1-2)c1c(C(C)CC)ccc2sc3c(c12)CC=C3. The lowest BCUT2D eigenvalue weighted by Gasteiger charge is -2.35. The summed E-state index contributed by atoms with van der Waals surface area (Å²) in [5.74, 6) is 0.370. The zero-order valence-electron chi connectivity index (χ0n) is 32.0. The molecule has 6 aromatic rings. The third kappa shape index (κ3) is 6.21. The highest BCUT2D eigenvalue weighted by Gasteiger charge is 2.46. The first kappa shape index (κ1) is 36.0. The smallest absolute Gasteiger partial charge is 0.0714 e. The van der Waals surface area contributed by atoms with E-state index in [1.54, 1.807) is 0 Å². The van der Waals surface area contributed by atoms with Gasteiger partial charge in [0.1, 0.15) is 0 Å². The zero-order chi connectivity index (χ0) is 37.9. The van der Waals surface area contributed by atoms with Crippen molar-refractivity contribution in [2.45, 2.75) is 44.9 Å². The number of anilines is 2. The van der Waals surface area contributed by atoms with Crippen LogP contribution in [0.4, 0.5) is 11.4 Å². The van der Waals surface area contributed by atoms with E-state index in [4.69, 9.17) is 0 Å². The van der Waals surface area contributed by atoms with Crippen LogP contribution in [0.5, 0.6) is 0 Å². The van der Waals surface area contributed by atoms with Gasteiger partial charge >= 0.3 is 0 Å². The van der Waals surface area contributed by atoms with Crippen molar-refractivity contribution in [3.05, 3.63) is 233 Å². The van der Waals surface area contributed by atoms with E-state index in [2.05, 4.69) is 190 Å². The van der Waals surface area contributed by atoms with Crippen LogP contribution in [-0.4, -0.2) is 0 Å². The van der Waals surface area contributed by atoms with Gasteiger partial charge in [-0.1, -0.05) is 167 Å². The van der Waals surface area contributed by atoms with Crippen LogP contribution < -0.4 is 4.90 Å². The Morgan fingerprint density at radius 2 is 1.55 bits per heavy atom. The summed E-state index contributed by atoms with van der Waals surface area (Å²) in [5.41, 5.74) is 14.4. The molecule has 0 bridgehead atoms. The predicted octanol–water partition coefficient (Wildman–Crippen LogP) is 14.8. The van der Waals surface area contributed by atoms with E-state index in [0.717, 1.165) is 29.7 Å². The van der Waals surface area contributed by atoms with Gasteiger partial charge in [0.25, 0.3) is 0 Å². The summed E-state index contributed by atoms with van der Waals surface area (Å²) in [6.45, 7) is 15.0. The Labute approximate surface area is 331 Å². The number of hydrogen-bond acceptors (Lipinski definition) is 2. The number of fused-ring (bicyclic) bond motifs is 6. The maximum Gasteiger partial charge on any atom is 0.0714 e. The van der Waals surface area contributed by atoms with E-state index >= 15 is 0 Å². The van der Waals surface area contributed by atoms with Crippen molar-refractivity contribution >= 4 is 38.9 Å². The fraction of sp³-hybridized carbons (Fsp3) is 0.132. The van der Waals surface area contributed by atoms with Crippen LogP contribution in [0.1, 0.15) is 71.4 Å². The van der Waals surface area contributed by atoms with Crippen molar-refractivity contribution in [2.75, 3.05) is 4.90 Å². The highest BCUT2D eigenvalue weighted by Crippen LogP contribution is 2.57. The van der Waals surface area contributed by atoms with Gasteiger partial charge in [-0.15, -0.1) is 11.3 Å². The van der Waals surface area contributed by atoms with Crippen molar-refractivity contribution in [3.63, 3.8) is 0 Å². The molecule has 1 atom stereocenters. The molecule has 1 unspecified atom stereocenters. The highest BCUT2D eigenvalue weighted by molar-refractivity contribution is 7.20. The Balaban J connectivity index is 1.39. The molecule has 0 fully saturated rings. The van der Waals surface area contributed by atoms with Crippen LogP contribution in [-0.2, 0) is 11.8 Å². The minimum atomic E-state index is -0.489. The van der Waals surface area contributed by atoms with Crippen LogP contribution in [0, 0.1) is 0 Å². The molecule has 0 saturated carbocycles. The van der Waals surface area contributed by atoms with Crippen LogP contribution in [0.25, 0.3) is 27.3 Å². The molecule has 0 spiro atoms. The van der Waals surface area contributed by atoms with Crippen molar-refractivity contribution in [2.24, 2.45) is 0 Å². The molecule has 5 aromatic carbocycles. The molecule has 8 rings (SSSR count). The van der Waals surface area contributed by atoms with E-state index < -0.39 is 5.41 Å². The summed E-state index contributed by atoms with van der Waals surface area (Å²) in [5, 5.41) is 1.37. The first-order valence-electron chi connectivity index (χ1n) is 19.4. The molecule has 0 saturated heterocycles. The van der Waals surface area contributed by atoms with E-state index in [0.29, 0.717) is 5.92 Å². The Kier molecular flexibility index (Phi) is 10.1. The Morgan fingerprint density at radius 1 is 0.836 bits per heavy atom. The van der Waals surface area contributed by atoms with Gasteiger partial charge in [-0.25, -0.2) is 0 Å². The molecular formula is C53H47NS. The summed E-state index contributed by atoms with van der Waals surface area (Å²) in [6.07, 6.45) is 23.2. The van der Waals surface area contributed by atoms with Crippen LogP contribution >= 0.6 is 11.3 Å². The molecule has 0 N–H and O–H groups in total. The first-order chi connectivity index (χ1) is 27.0. The monoisotopic (exact) mass is 729 g/mol. The lowest BCUT2D eigenvalue weighted by Crippen LogP contribution is -2.28. The van der Waals surface area contributed by atoms with Gasteiger partial charge in [-0.05, 0) is 112 Å². The Bertz CT molecular complexity index is 2510. The average Bonchev–Trinajstić information content (AvgIpc) is 3.92. The normalized spacial score (nSPS) is 14.9. The molecule has 270 valence electrons. The molecule has 0 aliphatic heterocycles. The fourth-order valence-corrected chi connectivity index (χ4v) is 9.79. The summed E-state index contributed by atoms with van der Waals surface area (Å²) in [4.78, 5) is 3.85. The quantitative estimate of drug-likeness (QED) is 0.113. The summed E-state index contributed by atoms with van der Waals surface area (Å²) >= 11 is 1.91. The van der Waals surface area contributed by atoms with Crippen LogP contribution in [0.15, 0.2) is 194 Å². The molecule has 2 heteroatoms. The van der Waals surface area contributed by atoms with Gasteiger partial charge in [-0.3, -0.25) is 0 Å². The highest BCUT2D eigenvalue weighted by atomic mass is 32.1. The summed E-state index contributed by atoms with van der Waals surface area (Å²) in [7, 11) is 0. The largest absolute Gasteiger partial charge is 0.316 e. The van der Waals surface area contributed by atoms with E-state index in [1.165, 1.54) is 65.2 Å². The summed E-state index contributed by atoms with van der Waals surface area (Å²) in [6, 6.07) is 43.0. The Hall–Kier alpha value is -5.96. The van der Waals surface area contributed by atoms with Crippen molar-refractivity contribution in [1.29, 1.82) is 0 Å². The van der Waals surface area contributed by atoms with Gasteiger partial charge in [0.05, 0.1) is 11.1 Å². The molecule has 2 aliphatic rings. The Morgan fingerprint density at radius 3 is 2.25 bits per heavy atom. The number of thiophene rings is 1. The third-order valence-electron chi connectivity index (χ3n) is 11.3. The van der Waals surface area contributed by atoms with Crippen LogP contribution in [0.2, 0.25) is 0 Å². The van der Waals surface area contributed by atoms with Gasteiger partial charge in [0.15, 0.2) is 0 Å². The molecule has 1 heterocycles. The fourth-order valence-electron chi connectivity index (χ4n) is 8.62. The number of allylic oxidation sites excluding steroid dienone is 10. The molecule has 0 amide bonds. The van der Waals surface area contributed by atoms with Gasteiger partial charge in [0.2, 0.25) is 0 Å². The number of benzene rings is 5. The lowest BCUT2D eigenvalue weighted by atomic mass is 9.67. The molecule has 55 heavy (non-hydrogen) atoms. The van der Waals surface area contributed by atoms with Crippen molar-refractivity contribution in [3.8, 4) is 11.1 Å². The lowest BCUT2D eigenvalue weighted by molar-refractivity contribution is 0.734. The first-order valence-corrected chi connectivity index (χ1v) is 20.2. The second-order valence-electron chi connectivity index (χ2n) is 14.4. The molecule has 1 aromatic heterocycles. The maximum atomic E-state index is 4.37. The number of nitrogens with zero attached hydrogens (tertiary/aromatic N) is 1. The summed E-state index contributed by atoms with van der Waals surface area (Å²) < 4.78 is 1.33. The molecule has 1 nitrogen and oxygen atoms in total. The molecular weight excluding hydrogens is 683 g/mol. The zero-order valence-corrected chi connectivity index (χ0v) is 32.8. The van der Waals surface area contributed by atoms with Gasteiger partial charge < -0.3 is 4.90 Å². The topological polar surface area (TPSA) is 3.24 Å². The second kappa shape index (κ2) is 15.4. The second-order valence-corrected chi connectivity index (χ2v) is 15.5. The minimum absolute atomic E-state index is 0.370. The van der Waals surface area contributed by atoms with E-state index in [1.807, 2.05) is 36.5 Å². The number of hydrogen-bond donors (Lipinski definition) is 0. The maximum absolute atomic E-state index is 4.37. The molecule has 2 aliphatic carbocycles. The average molecular weight is 730 g/mol.